The van der Waals surface area contributed by atoms with E-state index >= 15 is 0 Å². The number of benzene rings is 1. The first-order chi connectivity index (χ1) is 14.1. The Kier molecular flexibility index (Phi) is 4.99. The van der Waals surface area contributed by atoms with E-state index in [-0.39, 0.29) is 5.56 Å². The number of nitrogens with one attached hydrogen (secondary N) is 2. The topological polar surface area (TPSA) is 93.4 Å². The second-order valence-corrected chi connectivity index (χ2v) is 6.61. The molecule has 0 amide bonds. The van der Waals surface area contributed by atoms with Crippen molar-refractivity contribution in [2.45, 2.75) is 26.4 Å². The molecule has 8 nitrogen and oxygen atoms in total. The number of hydrogen-bond donors (Lipinski definition) is 2. The molecule has 2 aromatic heterocycles. The SMILES string of the molecule is CCc1c(C)nc2n(c1=O)[C@@H](c1ccccn1)N=C(Nc1ccc(OC)cc1)N2. The van der Waals surface area contributed by atoms with E-state index in [2.05, 4.69) is 20.6 Å². The summed E-state index contributed by atoms with van der Waals surface area (Å²) in [7, 11) is 1.62. The maximum absolute atomic E-state index is 13.1. The molecule has 148 valence electrons. The quantitative estimate of drug-likeness (QED) is 0.711. The van der Waals surface area contributed by atoms with Crippen LogP contribution in [0.3, 0.4) is 0 Å². The second-order valence-electron chi connectivity index (χ2n) is 6.61. The zero-order valence-corrected chi connectivity index (χ0v) is 16.5. The number of ether oxygens (including phenoxy) is 1. The van der Waals surface area contributed by atoms with Crippen molar-refractivity contribution < 1.29 is 4.74 Å². The number of pyridine rings is 1. The summed E-state index contributed by atoms with van der Waals surface area (Å²) in [6.07, 6.45) is 1.68. The van der Waals surface area contributed by atoms with E-state index in [1.807, 2.05) is 56.3 Å². The highest BCUT2D eigenvalue weighted by molar-refractivity contribution is 6.03. The number of aryl methyl sites for hydroxylation is 1. The number of nitrogens with zero attached hydrogens (tertiary/aromatic N) is 4. The van der Waals surface area contributed by atoms with E-state index in [0.29, 0.717) is 35.3 Å². The number of rotatable bonds is 4. The Balaban J connectivity index is 1.78. The monoisotopic (exact) mass is 390 g/mol. The van der Waals surface area contributed by atoms with Crippen molar-refractivity contribution in [3.63, 3.8) is 0 Å². The van der Waals surface area contributed by atoms with Crippen molar-refractivity contribution in [1.29, 1.82) is 0 Å². The maximum atomic E-state index is 13.1. The van der Waals surface area contributed by atoms with Crippen LogP contribution < -0.4 is 20.9 Å². The summed E-state index contributed by atoms with van der Waals surface area (Å²) < 4.78 is 6.76. The van der Waals surface area contributed by atoms with Crippen LogP contribution in [0.4, 0.5) is 11.6 Å². The van der Waals surface area contributed by atoms with E-state index in [1.54, 1.807) is 17.9 Å². The van der Waals surface area contributed by atoms with Gasteiger partial charge in [0.1, 0.15) is 5.75 Å². The highest BCUT2D eigenvalue weighted by Crippen LogP contribution is 2.25. The molecule has 0 unspecified atom stereocenters. The van der Waals surface area contributed by atoms with Crippen molar-refractivity contribution in [1.82, 2.24) is 14.5 Å². The summed E-state index contributed by atoms with van der Waals surface area (Å²) in [4.78, 5) is 26.9. The van der Waals surface area contributed by atoms with Crippen LogP contribution in [0, 0.1) is 6.92 Å². The average molecular weight is 390 g/mol. The van der Waals surface area contributed by atoms with Gasteiger partial charge in [0.15, 0.2) is 6.17 Å². The minimum Gasteiger partial charge on any atom is -0.497 e. The molecular formula is C21H22N6O2. The largest absolute Gasteiger partial charge is 0.497 e. The predicted molar refractivity (Wildman–Crippen MR) is 113 cm³/mol. The summed E-state index contributed by atoms with van der Waals surface area (Å²) >= 11 is 0. The molecule has 4 rings (SSSR count). The Morgan fingerprint density at radius 1 is 1.21 bits per heavy atom. The van der Waals surface area contributed by atoms with Crippen LogP contribution in [0.5, 0.6) is 5.75 Å². The molecule has 29 heavy (non-hydrogen) atoms. The van der Waals surface area contributed by atoms with Gasteiger partial charge >= 0.3 is 0 Å². The first-order valence-electron chi connectivity index (χ1n) is 9.39. The van der Waals surface area contributed by atoms with E-state index in [9.17, 15) is 4.79 Å². The molecule has 1 aromatic carbocycles. The highest BCUT2D eigenvalue weighted by atomic mass is 16.5. The molecule has 0 radical (unpaired) electrons. The summed E-state index contributed by atoms with van der Waals surface area (Å²) in [5.74, 6) is 1.69. The van der Waals surface area contributed by atoms with Crippen molar-refractivity contribution in [3.05, 3.63) is 76.0 Å². The highest BCUT2D eigenvalue weighted by Gasteiger charge is 2.27. The molecule has 0 spiro atoms. The van der Waals surface area contributed by atoms with Crippen LogP contribution in [0.15, 0.2) is 58.4 Å². The predicted octanol–water partition coefficient (Wildman–Crippen LogP) is 2.96. The Labute approximate surface area is 168 Å². The lowest BCUT2D eigenvalue weighted by Crippen LogP contribution is -2.39. The number of methoxy groups -OCH3 is 1. The molecule has 0 saturated carbocycles. The van der Waals surface area contributed by atoms with Crippen molar-refractivity contribution in [2.75, 3.05) is 17.7 Å². The van der Waals surface area contributed by atoms with Gasteiger partial charge in [-0.2, -0.15) is 0 Å². The lowest BCUT2D eigenvalue weighted by Gasteiger charge is -2.27. The lowest BCUT2D eigenvalue weighted by atomic mass is 10.2. The van der Waals surface area contributed by atoms with Crippen LogP contribution in [0.2, 0.25) is 0 Å². The zero-order chi connectivity index (χ0) is 20.4. The number of fused-ring (bicyclic) bond motifs is 1. The maximum Gasteiger partial charge on any atom is 0.260 e. The summed E-state index contributed by atoms with van der Waals surface area (Å²) in [5.41, 5.74) is 2.78. The number of guanidine groups is 1. The molecule has 0 fully saturated rings. The minimum absolute atomic E-state index is 0.106. The lowest BCUT2D eigenvalue weighted by molar-refractivity contribution is 0.415. The van der Waals surface area contributed by atoms with Gasteiger partial charge in [-0.15, -0.1) is 0 Å². The molecule has 0 saturated heterocycles. The molecule has 1 aliphatic heterocycles. The Morgan fingerprint density at radius 2 is 2.00 bits per heavy atom. The first kappa shape index (κ1) is 18.7. The Morgan fingerprint density at radius 3 is 2.66 bits per heavy atom. The molecular weight excluding hydrogens is 368 g/mol. The van der Waals surface area contributed by atoms with Gasteiger partial charge in [0.05, 0.1) is 12.8 Å². The van der Waals surface area contributed by atoms with Crippen LogP contribution in [0.1, 0.15) is 30.0 Å². The molecule has 2 N–H and O–H groups in total. The van der Waals surface area contributed by atoms with Crippen LogP contribution in [-0.2, 0) is 6.42 Å². The number of aromatic nitrogens is 3. The third-order valence-corrected chi connectivity index (χ3v) is 4.80. The van der Waals surface area contributed by atoms with Crippen LogP contribution in [0.25, 0.3) is 0 Å². The fourth-order valence-electron chi connectivity index (χ4n) is 3.32. The van der Waals surface area contributed by atoms with Crippen LogP contribution >= 0.6 is 0 Å². The first-order valence-corrected chi connectivity index (χ1v) is 9.39. The number of aliphatic imine (C=N–C) groups is 1. The molecule has 8 heteroatoms. The third kappa shape index (κ3) is 3.56. The van der Waals surface area contributed by atoms with Gasteiger partial charge in [-0.1, -0.05) is 13.0 Å². The van der Waals surface area contributed by atoms with Gasteiger partial charge in [-0.25, -0.2) is 14.5 Å². The summed E-state index contributed by atoms with van der Waals surface area (Å²) in [6.45, 7) is 3.80. The van der Waals surface area contributed by atoms with E-state index in [1.165, 1.54) is 0 Å². The minimum atomic E-state index is -0.612. The van der Waals surface area contributed by atoms with E-state index in [4.69, 9.17) is 9.73 Å². The van der Waals surface area contributed by atoms with Gasteiger partial charge in [0.25, 0.3) is 5.56 Å². The fourth-order valence-corrected chi connectivity index (χ4v) is 3.32. The number of anilines is 2. The van der Waals surface area contributed by atoms with Crippen molar-refractivity contribution >= 4 is 17.6 Å². The van der Waals surface area contributed by atoms with Gasteiger partial charge in [0.2, 0.25) is 11.9 Å². The zero-order valence-electron chi connectivity index (χ0n) is 16.5. The molecule has 1 aliphatic rings. The summed E-state index contributed by atoms with van der Waals surface area (Å²) in [5, 5.41) is 6.38. The Bertz CT molecular complexity index is 1110. The molecule has 0 aliphatic carbocycles. The van der Waals surface area contributed by atoms with E-state index < -0.39 is 6.17 Å². The molecule has 0 bridgehead atoms. The number of hydrogen-bond acceptors (Lipinski definition) is 7. The van der Waals surface area contributed by atoms with Gasteiger partial charge in [-0.3, -0.25) is 15.1 Å². The Hall–Kier alpha value is -3.68. The van der Waals surface area contributed by atoms with Crippen molar-refractivity contribution in [2.24, 2.45) is 4.99 Å². The van der Waals surface area contributed by atoms with E-state index in [0.717, 1.165) is 11.4 Å². The standard InChI is InChI=1S/C21H22N6O2/c1-4-16-13(2)23-21-26-20(24-14-8-10-15(29-3)11-9-14)25-18(27(21)19(16)28)17-7-5-6-12-22-17/h5-12,18H,4H2,1-3H3,(H2,23,24,25,26)/t18-/m0/s1. The second kappa shape index (κ2) is 7.75. The molecule has 3 aromatic rings. The van der Waals surface area contributed by atoms with Crippen LogP contribution in [-0.4, -0.2) is 27.6 Å². The van der Waals surface area contributed by atoms with Gasteiger partial charge in [0, 0.05) is 23.1 Å². The molecule has 3 heterocycles. The normalized spacial score (nSPS) is 15.1. The smallest absolute Gasteiger partial charge is 0.260 e. The van der Waals surface area contributed by atoms with Gasteiger partial charge < -0.3 is 10.1 Å². The fraction of sp³-hybridized carbons (Fsp3) is 0.238. The van der Waals surface area contributed by atoms with Crippen molar-refractivity contribution in [3.8, 4) is 5.75 Å². The molecule has 1 atom stereocenters. The summed E-state index contributed by atoms with van der Waals surface area (Å²) in [6, 6.07) is 13.1. The third-order valence-electron chi connectivity index (χ3n) is 4.80. The average Bonchev–Trinajstić information content (AvgIpc) is 2.74. The van der Waals surface area contributed by atoms with Gasteiger partial charge in [-0.05, 0) is 49.7 Å².